The molecule has 1 aromatic heterocycles. The third-order valence-corrected chi connectivity index (χ3v) is 5.78. The van der Waals surface area contributed by atoms with Crippen molar-refractivity contribution in [1.29, 1.82) is 0 Å². The predicted octanol–water partition coefficient (Wildman–Crippen LogP) is 3.48. The fraction of sp³-hybridized carbons (Fsp3) is 0.550. The maximum atomic E-state index is 13.5. The van der Waals surface area contributed by atoms with E-state index in [2.05, 4.69) is 19.8 Å². The first-order valence-electron chi connectivity index (χ1n) is 9.41. The minimum absolute atomic E-state index is 0.318. The van der Waals surface area contributed by atoms with Crippen molar-refractivity contribution in [2.45, 2.75) is 39.3 Å². The summed E-state index contributed by atoms with van der Waals surface area (Å²) in [7, 11) is 0. The fourth-order valence-electron chi connectivity index (χ4n) is 4.60. The van der Waals surface area contributed by atoms with Crippen LogP contribution in [0.25, 0.3) is 0 Å². The molecule has 0 bridgehead atoms. The number of nitrogens with zero attached hydrogens (tertiary/aromatic N) is 3. The number of piperidine rings is 1. The lowest BCUT2D eigenvalue weighted by atomic mass is 9.79. The van der Waals surface area contributed by atoms with Crippen LogP contribution < -0.4 is 0 Å². The molecule has 0 radical (unpaired) electrons. The lowest BCUT2D eigenvalue weighted by molar-refractivity contribution is 0.0862. The highest BCUT2D eigenvalue weighted by atomic mass is 19.2. The Morgan fingerprint density at radius 3 is 2.62 bits per heavy atom. The molecule has 26 heavy (non-hydrogen) atoms. The lowest BCUT2D eigenvalue weighted by Gasteiger charge is -2.40. The number of aromatic amines is 1. The minimum atomic E-state index is -0.775. The molecular formula is C20H26F2N4. The first-order valence-corrected chi connectivity index (χ1v) is 9.41. The summed E-state index contributed by atoms with van der Waals surface area (Å²) in [5.74, 6) is -0.493. The van der Waals surface area contributed by atoms with Crippen LogP contribution in [0.3, 0.4) is 0 Å². The van der Waals surface area contributed by atoms with Crippen molar-refractivity contribution in [1.82, 2.24) is 19.8 Å². The van der Waals surface area contributed by atoms with E-state index in [0.717, 1.165) is 56.2 Å². The number of aromatic nitrogens is 2. The van der Waals surface area contributed by atoms with Gasteiger partial charge in [-0.1, -0.05) is 6.07 Å². The molecule has 1 spiro atoms. The van der Waals surface area contributed by atoms with Gasteiger partial charge < -0.3 is 4.98 Å². The highest BCUT2D eigenvalue weighted by molar-refractivity contribution is 5.18. The van der Waals surface area contributed by atoms with Crippen LogP contribution in [0.5, 0.6) is 0 Å². The molecule has 2 aliphatic rings. The molecule has 0 amide bonds. The van der Waals surface area contributed by atoms with E-state index in [0.29, 0.717) is 12.0 Å². The molecule has 0 aliphatic carbocycles. The molecule has 1 atom stereocenters. The second kappa shape index (κ2) is 7.08. The fourth-order valence-corrected chi connectivity index (χ4v) is 4.60. The van der Waals surface area contributed by atoms with Gasteiger partial charge in [0, 0.05) is 31.5 Å². The zero-order valence-electron chi connectivity index (χ0n) is 15.3. The Labute approximate surface area is 153 Å². The van der Waals surface area contributed by atoms with Crippen molar-refractivity contribution >= 4 is 0 Å². The SMILES string of the molecule is Cc1cnc(CN2CC[C@@]3(CCCN(Cc4ccc(F)c(F)c4)C3)C2)[nH]1. The number of hydrogen-bond donors (Lipinski definition) is 1. The van der Waals surface area contributed by atoms with Gasteiger partial charge in [0.2, 0.25) is 0 Å². The van der Waals surface area contributed by atoms with E-state index in [-0.39, 0.29) is 0 Å². The van der Waals surface area contributed by atoms with Crippen molar-refractivity contribution in [2.24, 2.45) is 5.41 Å². The molecule has 2 aliphatic heterocycles. The number of halogens is 2. The second-order valence-electron chi connectivity index (χ2n) is 8.04. The molecule has 2 fully saturated rings. The van der Waals surface area contributed by atoms with Crippen molar-refractivity contribution in [3.63, 3.8) is 0 Å². The quantitative estimate of drug-likeness (QED) is 0.907. The number of benzene rings is 1. The van der Waals surface area contributed by atoms with Crippen molar-refractivity contribution in [3.8, 4) is 0 Å². The average Bonchev–Trinajstić information content (AvgIpc) is 3.18. The number of H-pyrrole nitrogens is 1. The summed E-state index contributed by atoms with van der Waals surface area (Å²) in [5, 5.41) is 0. The molecule has 1 N–H and O–H groups in total. The van der Waals surface area contributed by atoms with Gasteiger partial charge in [-0.2, -0.15) is 0 Å². The number of nitrogens with one attached hydrogen (secondary N) is 1. The van der Waals surface area contributed by atoms with Gasteiger partial charge in [0.05, 0.1) is 6.54 Å². The largest absolute Gasteiger partial charge is 0.345 e. The van der Waals surface area contributed by atoms with Gasteiger partial charge in [-0.15, -0.1) is 0 Å². The summed E-state index contributed by atoms with van der Waals surface area (Å²) in [6.45, 7) is 7.83. The van der Waals surface area contributed by atoms with Crippen LogP contribution in [0, 0.1) is 24.0 Å². The Balaban J connectivity index is 1.37. The molecule has 1 aromatic carbocycles. The topological polar surface area (TPSA) is 35.2 Å². The van der Waals surface area contributed by atoms with E-state index in [9.17, 15) is 8.78 Å². The Bertz CT molecular complexity index is 775. The van der Waals surface area contributed by atoms with Gasteiger partial charge in [-0.3, -0.25) is 9.80 Å². The third-order valence-electron chi connectivity index (χ3n) is 5.78. The normalized spacial score (nSPS) is 24.6. The van der Waals surface area contributed by atoms with E-state index in [4.69, 9.17) is 0 Å². The molecule has 0 unspecified atom stereocenters. The summed E-state index contributed by atoms with van der Waals surface area (Å²) in [4.78, 5) is 12.6. The van der Waals surface area contributed by atoms with Gasteiger partial charge in [-0.05, 0) is 62.4 Å². The van der Waals surface area contributed by atoms with E-state index < -0.39 is 11.6 Å². The molecule has 4 rings (SSSR count). The Morgan fingerprint density at radius 2 is 1.88 bits per heavy atom. The van der Waals surface area contributed by atoms with E-state index in [1.165, 1.54) is 25.0 Å². The highest BCUT2D eigenvalue weighted by Gasteiger charge is 2.41. The number of aryl methyl sites for hydroxylation is 1. The summed E-state index contributed by atoms with van der Waals surface area (Å²) in [5.41, 5.74) is 2.27. The van der Waals surface area contributed by atoms with Crippen molar-refractivity contribution in [2.75, 3.05) is 26.2 Å². The van der Waals surface area contributed by atoms with E-state index >= 15 is 0 Å². The van der Waals surface area contributed by atoms with Gasteiger partial charge in [0.25, 0.3) is 0 Å². The highest BCUT2D eigenvalue weighted by Crippen LogP contribution is 2.39. The molecule has 2 saturated heterocycles. The summed E-state index contributed by atoms with van der Waals surface area (Å²) >= 11 is 0. The maximum Gasteiger partial charge on any atom is 0.159 e. The van der Waals surface area contributed by atoms with Crippen LogP contribution in [0.4, 0.5) is 8.78 Å². The van der Waals surface area contributed by atoms with Gasteiger partial charge in [-0.25, -0.2) is 13.8 Å². The van der Waals surface area contributed by atoms with Crippen LogP contribution in [0.1, 0.15) is 36.3 Å². The van der Waals surface area contributed by atoms with Crippen molar-refractivity contribution < 1.29 is 8.78 Å². The van der Waals surface area contributed by atoms with Crippen LogP contribution in [-0.2, 0) is 13.1 Å². The number of hydrogen-bond acceptors (Lipinski definition) is 3. The monoisotopic (exact) mass is 360 g/mol. The predicted molar refractivity (Wildman–Crippen MR) is 96.5 cm³/mol. The lowest BCUT2D eigenvalue weighted by Crippen LogP contribution is -2.44. The third kappa shape index (κ3) is 3.81. The van der Waals surface area contributed by atoms with Crippen LogP contribution in [-0.4, -0.2) is 45.9 Å². The van der Waals surface area contributed by atoms with E-state index in [1.807, 2.05) is 13.1 Å². The van der Waals surface area contributed by atoms with Gasteiger partial charge >= 0.3 is 0 Å². The second-order valence-corrected chi connectivity index (χ2v) is 8.04. The van der Waals surface area contributed by atoms with Crippen LogP contribution in [0.15, 0.2) is 24.4 Å². The molecule has 0 saturated carbocycles. The average molecular weight is 360 g/mol. The number of rotatable bonds is 4. The smallest absolute Gasteiger partial charge is 0.159 e. The minimum Gasteiger partial charge on any atom is -0.345 e. The molecule has 4 nitrogen and oxygen atoms in total. The van der Waals surface area contributed by atoms with Crippen molar-refractivity contribution in [3.05, 3.63) is 53.1 Å². The first-order chi connectivity index (χ1) is 12.5. The summed E-state index contributed by atoms with van der Waals surface area (Å²) < 4.78 is 26.6. The first kappa shape index (κ1) is 17.6. The maximum absolute atomic E-state index is 13.5. The zero-order chi connectivity index (χ0) is 18.1. The van der Waals surface area contributed by atoms with Gasteiger partial charge in [0.1, 0.15) is 5.82 Å². The summed E-state index contributed by atoms with van der Waals surface area (Å²) in [6, 6.07) is 4.25. The van der Waals surface area contributed by atoms with E-state index in [1.54, 1.807) is 6.07 Å². The molecule has 2 aromatic rings. The molecule has 6 heteroatoms. The summed E-state index contributed by atoms with van der Waals surface area (Å²) in [6.07, 6.45) is 5.48. The molecular weight excluding hydrogens is 334 g/mol. The number of likely N-dealkylation sites (tertiary alicyclic amines) is 2. The van der Waals surface area contributed by atoms with Crippen LogP contribution >= 0.6 is 0 Å². The molecule has 3 heterocycles. The number of imidazole rings is 1. The Kier molecular flexibility index (Phi) is 4.80. The Morgan fingerprint density at radius 1 is 1.08 bits per heavy atom. The standard InChI is InChI=1S/C20H26F2N4/c1-15-10-23-19(24-15)12-26-8-6-20(14-26)5-2-7-25(13-20)11-16-3-4-17(21)18(22)9-16/h3-4,9-10H,2,5-8,11-14H2,1H3,(H,23,24)/t20-/m1/s1. The molecule has 140 valence electrons. The zero-order valence-corrected chi connectivity index (χ0v) is 15.3. The Hall–Kier alpha value is -1.79. The van der Waals surface area contributed by atoms with Crippen LogP contribution in [0.2, 0.25) is 0 Å². The van der Waals surface area contributed by atoms with Gasteiger partial charge in [0.15, 0.2) is 11.6 Å².